The number of carbonyl (C=O) groups is 2. The van der Waals surface area contributed by atoms with Crippen molar-refractivity contribution >= 4 is 52.1 Å². The minimum absolute atomic E-state index is 0.0342. The number of hydrogen-bond acceptors (Lipinski definition) is 6. The van der Waals surface area contributed by atoms with Gasteiger partial charge in [0, 0.05) is 23.9 Å². The summed E-state index contributed by atoms with van der Waals surface area (Å²) in [7, 11) is 2.75. The molecule has 2 aromatic carbocycles. The predicted octanol–water partition coefficient (Wildman–Crippen LogP) is 3.50. The molecule has 142 valence electrons. The molecule has 9 nitrogen and oxygen atoms in total. The first-order valence-corrected chi connectivity index (χ1v) is 8.00. The molecule has 0 radical (unpaired) electrons. The Labute approximate surface area is 163 Å². The number of nitrogens with zero attached hydrogens (tertiary/aromatic N) is 1. The van der Waals surface area contributed by atoms with Gasteiger partial charge in [0.25, 0.3) is 5.69 Å². The SMILES string of the molecule is COc1cc(NC(=O)C(=O)Nc2ccc(Cl)c([N+](=O)[O-])c2)c(OC)cc1Cl. The Morgan fingerprint density at radius 2 is 1.59 bits per heavy atom. The van der Waals surface area contributed by atoms with Gasteiger partial charge in [-0.05, 0) is 12.1 Å². The number of methoxy groups -OCH3 is 2. The highest BCUT2D eigenvalue weighted by atomic mass is 35.5. The maximum Gasteiger partial charge on any atom is 0.314 e. The summed E-state index contributed by atoms with van der Waals surface area (Å²) < 4.78 is 10.2. The summed E-state index contributed by atoms with van der Waals surface area (Å²) in [5, 5.41) is 15.7. The molecule has 2 aromatic rings. The Kier molecular flexibility index (Phi) is 6.43. The second kappa shape index (κ2) is 8.56. The van der Waals surface area contributed by atoms with Crippen LogP contribution in [0.25, 0.3) is 0 Å². The normalized spacial score (nSPS) is 10.1. The van der Waals surface area contributed by atoms with E-state index in [4.69, 9.17) is 32.7 Å². The Bertz CT molecular complexity index is 919. The second-order valence-corrected chi connectivity index (χ2v) is 5.83. The Hall–Kier alpha value is -3.04. The fraction of sp³-hybridized carbons (Fsp3) is 0.125. The highest BCUT2D eigenvalue weighted by Crippen LogP contribution is 2.35. The number of amides is 2. The highest BCUT2D eigenvalue weighted by Gasteiger charge is 2.20. The molecule has 0 spiro atoms. The molecule has 0 aliphatic rings. The molecule has 0 saturated carbocycles. The second-order valence-electron chi connectivity index (χ2n) is 5.02. The zero-order valence-electron chi connectivity index (χ0n) is 14.0. The van der Waals surface area contributed by atoms with E-state index in [1.54, 1.807) is 0 Å². The fourth-order valence-corrected chi connectivity index (χ4v) is 2.47. The summed E-state index contributed by atoms with van der Waals surface area (Å²) in [6.07, 6.45) is 0. The lowest BCUT2D eigenvalue weighted by molar-refractivity contribution is -0.384. The van der Waals surface area contributed by atoms with Crippen molar-refractivity contribution in [1.29, 1.82) is 0 Å². The third kappa shape index (κ3) is 4.78. The van der Waals surface area contributed by atoms with Gasteiger partial charge >= 0.3 is 11.8 Å². The summed E-state index contributed by atoms with van der Waals surface area (Å²) in [5.74, 6) is -1.61. The third-order valence-corrected chi connectivity index (χ3v) is 3.94. The van der Waals surface area contributed by atoms with Gasteiger partial charge in [0.2, 0.25) is 0 Å². The summed E-state index contributed by atoms with van der Waals surface area (Å²) in [6, 6.07) is 6.40. The molecule has 2 N–H and O–H groups in total. The van der Waals surface area contributed by atoms with Crippen molar-refractivity contribution in [2.24, 2.45) is 0 Å². The van der Waals surface area contributed by atoms with E-state index >= 15 is 0 Å². The van der Waals surface area contributed by atoms with Gasteiger partial charge in [-0.3, -0.25) is 19.7 Å². The van der Waals surface area contributed by atoms with E-state index in [2.05, 4.69) is 10.6 Å². The first-order valence-electron chi connectivity index (χ1n) is 7.24. The minimum atomic E-state index is -1.05. The van der Waals surface area contributed by atoms with Crippen LogP contribution in [-0.2, 0) is 9.59 Å². The molecule has 0 aliphatic carbocycles. The average Bonchev–Trinajstić information content (AvgIpc) is 2.63. The molecule has 0 bridgehead atoms. The zero-order valence-corrected chi connectivity index (χ0v) is 15.6. The third-order valence-electron chi connectivity index (χ3n) is 3.33. The smallest absolute Gasteiger partial charge is 0.314 e. The maximum atomic E-state index is 12.1. The van der Waals surface area contributed by atoms with Gasteiger partial charge in [-0.15, -0.1) is 0 Å². The van der Waals surface area contributed by atoms with E-state index in [1.165, 1.54) is 38.5 Å². The first kappa shape index (κ1) is 20.3. The lowest BCUT2D eigenvalue weighted by atomic mass is 10.2. The van der Waals surface area contributed by atoms with Gasteiger partial charge in [0.15, 0.2) is 0 Å². The molecule has 11 heteroatoms. The molecule has 0 atom stereocenters. The van der Waals surface area contributed by atoms with Crippen LogP contribution >= 0.6 is 23.2 Å². The molecule has 0 aliphatic heterocycles. The lowest BCUT2D eigenvalue weighted by Crippen LogP contribution is -2.29. The van der Waals surface area contributed by atoms with Crippen molar-refractivity contribution in [3.8, 4) is 11.5 Å². The van der Waals surface area contributed by atoms with Gasteiger partial charge in [-0.25, -0.2) is 0 Å². The van der Waals surface area contributed by atoms with Crippen molar-refractivity contribution in [3.05, 3.63) is 50.5 Å². The molecule has 0 fully saturated rings. The Balaban J connectivity index is 2.18. The largest absolute Gasteiger partial charge is 0.495 e. The van der Waals surface area contributed by atoms with Crippen LogP contribution in [0.5, 0.6) is 11.5 Å². The Morgan fingerprint density at radius 3 is 2.19 bits per heavy atom. The van der Waals surface area contributed by atoms with E-state index in [-0.39, 0.29) is 32.9 Å². The fourth-order valence-electron chi connectivity index (χ4n) is 2.06. The van der Waals surface area contributed by atoms with Crippen molar-refractivity contribution < 1.29 is 24.0 Å². The number of nitro groups is 1. The van der Waals surface area contributed by atoms with Crippen LogP contribution in [0.2, 0.25) is 10.0 Å². The van der Waals surface area contributed by atoms with Crippen LogP contribution in [0.15, 0.2) is 30.3 Å². The number of rotatable bonds is 5. The summed E-state index contributed by atoms with van der Waals surface area (Å²) in [5.41, 5.74) is -0.216. The van der Waals surface area contributed by atoms with Crippen LogP contribution in [0.1, 0.15) is 0 Å². The number of halogens is 2. The van der Waals surface area contributed by atoms with E-state index in [0.717, 1.165) is 6.07 Å². The molecule has 27 heavy (non-hydrogen) atoms. The molecule has 0 aromatic heterocycles. The van der Waals surface area contributed by atoms with Gasteiger partial charge in [0.1, 0.15) is 16.5 Å². The molecular formula is C16H13Cl2N3O6. The van der Waals surface area contributed by atoms with Gasteiger partial charge in [0.05, 0.1) is 29.9 Å². The van der Waals surface area contributed by atoms with Crippen LogP contribution < -0.4 is 20.1 Å². The van der Waals surface area contributed by atoms with Crippen LogP contribution in [0.3, 0.4) is 0 Å². The molecule has 0 saturated heterocycles. The van der Waals surface area contributed by atoms with Crippen molar-refractivity contribution in [2.45, 2.75) is 0 Å². The van der Waals surface area contributed by atoms with E-state index in [1.807, 2.05) is 0 Å². The molecule has 0 unspecified atom stereocenters. The van der Waals surface area contributed by atoms with Crippen LogP contribution in [0.4, 0.5) is 17.1 Å². The van der Waals surface area contributed by atoms with Gasteiger partial charge in [-0.1, -0.05) is 23.2 Å². The monoisotopic (exact) mass is 413 g/mol. The number of benzene rings is 2. The zero-order chi connectivity index (χ0) is 20.1. The molecule has 2 amide bonds. The van der Waals surface area contributed by atoms with E-state index in [0.29, 0.717) is 0 Å². The number of nitrogens with one attached hydrogen (secondary N) is 2. The summed E-state index contributed by atoms with van der Waals surface area (Å²) >= 11 is 11.7. The number of hydrogen-bond donors (Lipinski definition) is 2. The molecular weight excluding hydrogens is 401 g/mol. The Morgan fingerprint density at radius 1 is 0.963 bits per heavy atom. The average molecular weight is 414 g/mol. The summed E-state index contributed by atoms with van der Waals surface area (Å²) in [4.78, 5) is 34.4. The topological polar surface area (TPSA) is 120 Å². The van der Waals surface area contributed by atoms with Crippen molar-refractivity contribution in [2.75, 3.05) is 24.9 Å². The van der Waals surface area contributed by atoms with E-state index in [9.17, 15) is 19.7 Å². The minimum Gasteiger partial charge on any atom is -0.495 e. The number of ether oxygens (including phenoxy) is 2. The lowest BCUT2D eigenvalue weighted by Gasteiger charge is -2.13. The summed E-state index contributed by atoms with van der Waals surface area (Å²) in [6.45, 7) is 0. The quantitative estimate of drug-likeness (QED) is 0.439. The maximum absolute atomic E-state index is 12.1. The van der Waals surface area contributed by atoms with Crippen molar-refractivity contribution in [1.82, 2.24) is 0 Å². The van der Waals surface area contributed by atoms with Crippen LogP contribution in [0, 0.1) is 10.1 Å². The van der Waals surface area contributed by atoms with E-state index < -0.39 is 22.4 Å². The number of nitro benzene ring substituents is 1. The van der Waals surface area contributed by atoms with Gasteiger partial charge in [-0.2, -0.15) is 0 Å². The van der Waals surface area contributed by atoms with Crippen molar-refractivity contribution in [3.63, 3.8) is 0 Å². The number of anilines is 2. The predicted molar refractivity (Wildman–Crippen MR) is 99.9 cm³/mol. The first-order chi connectivity index (χ1) is 12.8. The highest BCUT2D eigenvalue weighted by molar-refractivity contribution is 6.44. The van der Waals surface area contributed by atoms with Gasteiger partial charge < -0.3 is 20.1 Å². The molecule has 0 heterocycles. The molecule has 2 rings (SSSR count). The van der Waals surface area contributed by atoms with Crippen LogP contribution in [-0.4, -0.2) is 31.0 Å². The standard InChI is InChI=1S/C16H13Cl2N3O6/c1-26-13-7-11(14(27-2)6-10(13)18)20-16(23)15(22)19-8-3-4-9(17)12(5-8)21(24)25/h3-7H,1-2H3,(H,19,22)(H,20,23). The number of carbonyl (C=O) groups excluding carboxylic acids is 2.